The monoisotopic (exact) mass is 246 g/mol. The van der Waals surface area contributed by atoms with Gasteiger partial charge in [0.2, 0.25) is 0 Å². The second-order valence-electron chi connectivity index (χ2n) is 3.54. The van der Waals surface area contributed by atoms with Crippen LogP contribution in [-0.4, -0.2) is 24.7 Å². The van der Waals surface area contributed by atoms with Crippen molar-refractivity contribution >= 4 is 21.4 Å². The van der Waals surface area contributed by atoms with E-state index in [9.17, 15) is 13.5 Å². The standard InChI is InChI=1S/C10H11ClO3S/c11-6-5-9-10(12)7-3-1-2-4-8(7)15(9,13)14/h1-4,9-10,12H,5-6H2/t9-,10+/m0/s1. The van der Waals surface area contributed by atoms with Crippen molar-refractivity contribution in [2.24, 2.45) is 0 Å². The Morgan fingerprint density at radius 3 is 2.60 bits per heavy atom. The van der Waals surface area contributed by atoms with Gasteiger partial charge in [0.1, 0.15) is 0 Å². The van der Waals surface area contributed by atoms with Gasteiger partial charge in [-0.1, -0.05) is 18.2 Å². The Balaban J connectivity index is 2.55. The highest BCUT2D eigenvalue weighted by molar-refractivity contribution is 7.92. The van der Waals surface area contributed by atoms with Gasteiger partial charge in [0.15, 0.2) is 9.84 Å². The normalized spacial score (nSPS) is 27.6. The second-order valence-corrected chi connectivity index (χ2v) is 6.06. The van der Waals surface area contributed by atoms with Crippen LogP contribution in [0.3, 0.4) is 0 Å². The van der Waals surface area contributed by atoms with Gasteiger partial charge in [-0.2, -0.15) is 0 Å². The van der Waals surface area contributed by atoms with Gasteiger partial charge in [-0.25, -0.2) is 8.42 Å². The number of halogens is 1. The lowest BCUT2D eigenvalue weighted by Gasteiger charge is -2.11. The quantitative estimate of drug-likeness (QED) is 0.805. The van der Waals surface area contributed by atoms with Crippen LogP contribution in [0, 0.1) is 0 Å². The number of aliphatic hydroxyl groups is 1. The molecule has 15 heavy (non-hydrogen) atoms. The molecule has 0 radical (unpaired) electrons. The van der Waals surface area contributed by atoms with Crippen LogP contribution in [0.5, 0.6) is 0 Å². The molecule has 1 aliphatic heterocycles. The maximum absolute atomic E-state index is 12.0. The van der Waals surface area contributed by atoms with Crippen molar-refractivity contribution < 1.29 is 13.5 Å². The van der Waals surface area contributed by atoms with Crippen LogP contribution in [0.4, 0.5) is 0 Å². The maximum Gasteiger partial charge on any atom is 0.184 e. The smallest absolute Gasteiger partial charge is 0.184 e. The third-order valence-electron chi connectivity index (χ3n) is 2.69. The summed E-state index contributed by atoms with van der Waals surface area (Å²) in [6, 6.07) is 6.56. The van der Waals surface area contributed by atoms with E-state index >= 15 is 0 Å². The molecule has 1 N–H and O–H groups in total. The van der Waals surface area contributed by atoms with Gasteiger partial charge >= 0.3 is 0 Å². The largest absolute Gasteiger partial charge is 0.387 e. The van der Waals surface area contributed by atoms with Crippen LogP contribution in [0.1, 0.15) is 18.1 Å². The molecular formula is C10H11ClO3S. The van der Waals surface area contributed by atoms with E-state index in [1.165, 1.54) is 6.07 Å². The molecule has 82 valence electrons. The molecule has 2 rings (SSSR count). The van der Waals surface area contributed by atoms with Crippen LogP contribution in [0.15, 0.2) is 29.2 Å². The van der Waals surface area contributed by atoms with E-state index in [0.717, 1.165) is 0 Å². The van der Waals surface area contributed by atoms with Crippen LogP contribution in [-0.2, 0) is 9.84 Å². The fourth-order valence-corrected chi connectivity index (χ4v) is 4.33. The van der Waals surface area contributed by atoms with Crippen molar-refractivity contribution in [1.29, 1.82) is 0 Å². The van der Waals surface area contributed by atoms with E-state index < -0.39 is 21.2 Å². The molecule has 0 bridgehead atoms. The van der Waals surface area contributed by atoms with Crippen molar-refractivity contribution in [2.75, 3.05) is 5.88 Å². The number of alkyl halides is 1. The number of hydrogen-bond donors (Lipinski definition) is 1. The predicted molar refractivity (Wildman–Crippen MR) is 57.7 cm³/mol. The van der Waals surface area contributed by atoms with E-state index in [4.69, 9.17) is 11.6 Å². The lowest BCUT2D eigenvalue weighted by Crippen LogP contribution is -2.21. The molecule has 1 aromatic carbocycles. The van der Waals surface area contributed by atoms with E-state index in [1.54, 1.807) is 18.2 Å². The highest BCUT2D eigenvalue weighted by Gasteiger charge is 2.43. The summed E-state index contributed by atoms with van der Waals surface area (Å²) in [5.41, 5.74) is 0.493. The van der Waals surface area contributed by atoms with Gasteiger partial charge in [-0.05, 0) is 12.5 Å². The molecule has 0 spiro atoms. The van der Waals surface area contributed by atoms with Crippen LogP contribution in [0.25, 0.3) is 0 Å². The van der Waals surface area contributed by atoms with Gasteiger partial charge in [0.05, 0.1) is 16.2 Å². The molecular weight excluding hydrogens is 236 g/mol. The summed E-state index contributed by atoms with van der Waals surface area (Å²) in [6.07, 6.45) is -0.662. The number of rotatable bonds is 2. The fourth-order valence-electron chi connectivity index (χ4n) is 1.94. The molecule has 0 unspecified atom stereocenters. The average molecular weight is 247 g/mol. The third kappa shape index (κ3) is 1.57. The van der Waals surface area contributed by atoms with Gasteiger partial charge in [0, 0.05) is 11.4 Å². The lowest BCUT2D eigenvalue weighted by atomic mass is 10.1. The molecule has 0 fully saturated rings. The number of aliphatic hydroxyl groups excluding tert-OH is 1. The Morgan fingerprint density at radius 1 is 1.33 bits per heavy atom. The predicted octanol–water partition coefficient (Wildman–Crippen LogP) is 1.50. The highest BCUT2D eigenvalue weighted by atomic mass is 35.5. The summed E-state index contributed by atoms with van der Waals surface area (Å²) in [4.78, 5) is 0.243. The molecule has 0 saturated heterocycles. The van der Waals surface area contributed by atoms with Crippen molar-refractivity contribution in [3.63, 3.8) is 0 Å². The molecule has 1 aromatic rings. The Hall–Kier alpha value is -0.580. The van der Waals surface area contributed by atoms with E-state index in [-0.39, 0.29) is 17.2 Å². The summed E-state index contributed by atoms with van der Waals surface area (Å²) in [5.74, 6) is 0.231. The Bertz CT molecular complexity index is 469. The number of fused-ring (bicyclic) bond motifs is 1. The number of sulfone groups is 1. The number of benzene rings is 1. The summed E-state index contributed by atoms with van der Waals surface area (Å²) >= 11 is 5.54. The minimum absolute atomic E-state index is 0.231. The van der Waals surface area contributed by atoms with Crippen molar-refractivity contribution in [1.82, 2.24) is 0 Å². The summed E-state index contributed by atoms with van der Waals surface area (Å²) in [5, 5.41) is 9.09. The third-order valence-corrected chi connectivity index (χ3v) is 5.18. The van der Waals surface area contributed by atoms with E-state index in [2.05, 4.69) is 0 Å². The first-order valence-corrected chi connectivity index (χ1v) is 6.74. The first-order chi connectivity index (χ1) is 7.09. The zero-order valence-corrected chi connectivity index (χ0v) is 9.50. The molecule has 0 aromatic heterocycles. The zero-order chi connectivity index (χ0) is 11.1. The summed E-state index contributed by atoms with van der Waals surface area (Å²) < 4.78 is 23.9. The van der Waals surface area contributed by atoms with E-state index in [1.807, 2.05) is 0 Å². The Labute approximate surface area is 93.6 Å². The van der Waals surface area contributed by atoms with Crippen molar-refractivity contribution in [3.05, 3.63) is 29.8 Å². The number of hydrogen-bond acceptors (Lipinski definition) is 3. The average Bonchev–Trinajstić information content (AvgIpc) is 2.41. The van der Waals surface area contributed by atoms with Crippen LogP contribution in [0.2, 0.25) is 0 Å². The lowest BCUT2D eigenvalue weighted by molar-refractivity contribution is 0.173. The summed E-state index contributed by atoms with van der Waals surface area (Å²) in [7, 11) is -3.39. The topological polar surface area (TPSA) is 54.4 Å². The Kier molecular flexibility index (Phi) is 2.75. The molecule has 1 aliphatic rings. The minimum atomic E-state index is -3.39. The highest BCUT2D eigenvalue weighted by Crippen LogP contribution is 2.40. The SMILES string of the molecule is O=S1(=O)c2ccccc2[C@@H](O)[C@@H]1CCCl. The molecule has 0 saturated carbocycles. The van der Waals surface area contributed by atoms with Crippen molar-refractivity contribution in [2.45, 2.75) is 22.7 Å². The van der Waals surface area contributed by atoms with Gasteiger partial charge in [-0.15, -0.1) is 11.6 Å². The maximum atomic E-state index is 12.0. The molecule has 2 atom stereocenters. The second kappa shape index (κ2) is 3.77. The Morgan fingerprint density at radius 2 is 2.00 bits per heavy atom. The van der Waals surface area contributed by atoms with Gasteiger partial charge < -0.3 is 5.11 Å². The fraction of sp³-hybridized carbons (Fsp3) is 0.400. The molecule has 3 nitrogen and oxygen atoms in total. The minimum Gasteiger partial charge on any atom is -0.387 e. The van der Waals surface area contributed by atoms with Gasteiger partial charge in [0.25, 0.3) is 0 Å². The van der Waals surface area contributed by atoms with Crippen LogP contribution < -0.4 is 0 Å². The van der Waals surface area contributed by atoms with Crippen molar-refractivity contribution in [3.8, 4) is 0 Å². The molecule has 5 heteroatoms. The molecule has 1 heterocycles. The molecule has 0 amide bonds. The molecule has 0 aliphatic carbocycles. The first kappa shape index (κ1) is 10.9. The first-order valence-electron chi connectivity index (χ1n) is 4.66. The summed E-state index contributed by atoms with van der Waals surface area (Å²) in [6.45, 7) is 0. The van der Waals surface area contributed by atoms with E-state index in [0.29, 0.717) is 5.56 Å². The van der Waals surface area contributed by atoms with Crippen LogP contribution >= 0.6 is 11.6 Å². The van der Waals surface area contributed by atoms with Gasteiger partial charge in [-0.3, -0.25) is 0 Å². The zero-order valence-electron chi connectivity index (χ0n) is 7.93.